The standard InChI is InChI=1S/C26H37N3O5/c1-5-29(6-2)21-7-8-22-25(18-21)34-26-19-23(20(3)17-24(26)28-22)27-9-10-31-13-14-33-16-15-32-12-11-30-4/h7-8,17-19H,5-6,9-16H2,1-4H3/p+1. The van der Waals surface area contributed by atoms with E-state index in [0.717, 1.165) is 52.3 Å². The van der Waals surface area contributed by atoms with Crippen LogP contribution in [0.3, 0.4) is 0 Å². The molecule has 1 aromatic rings. The molecule has 1 aliphatic carbocycles. The highest BCUT2D eigenvalue weighted by Crippen LogP contribution is 2.27. The van der Waals surface area contributed by atoms with Crippen LogP contribution < -0.4 is 15.2 Å². The molecule has 0 bridgehead atoms. The lowest BCUT2D eigenvalue weighted by molar-refractivity contribution is 0.00495. The third-order valence-corrected chi connectivity index (χ3v) is 5.58. The maximum absolute atomic E-state index is 6.24. The van der Waals surface area contributed by atoms with E-state index in [1.165, 1.54) is 0 Å². The van der Waals surface area contributed by atoms with E-state index < -0.39 is 0 Å². The molecule has 1 aromatic carbocycles. The summed E-state index contributed by atoms with van der Waals surface area (Å²) in [5, 5.41) is 4.58. The van der Waals surface area contributed by atoms with Crippen LogP contribution in [0.15, 0.2) is 34.7 Å². The highest BCUT2D eigenvalue weighted by atomic mass is 16.6. The molecule has 0 saturated heterocycles. The summed E-state index contributed by atoms with van der Waals surface area (Å²) >= 11 is 0. The molecule has 8 nitrogen and oxygen atoms in total. The van der Waals surface area contributed by atoms with E-state index in [4.69, 9.17) is 28.3 Å². The monoisotopic (exact) mass is 472 g/mol. The molecular formula is C26H38N3O5+. The van der Waals surface area contributed by atoms with E-state index >= 15 is 0 Å². The second kappa shape index (κ2) is 14.0. The first-order valence-corrected chi connectivity index (χ1v) is 12.1. The highest BCUT2D eigenvalue weighted by molar-refractivity contribution is 5.81. The predicted octanol–water partition coefficient (Wildman–Crippen LogP) is 3.16. The van der Waals surface area contributed by atoms with Gasteiger partial charge in [0.2, 0.25) is 5.36 Å². The molecule has 34 heavy (non-hydrogen) atoms. The maximum atomic E-state index is 6.24. The quantitative estimate of drug-likeness (QED) is 0.207. The number of hydrogen-bond acceptors (Lipinski definition) is 7. The minimum Gasteiger partial charge on any atom is -0.452 e. The van der Waals surface area contributed by atoms with Gasteiger partial charge in [-0.3, -0.25) is 0 Å². The number of nitrogens with one attached hydrogen (secondary N) is 1. The average Bonchev–Trinajstić information content (AvgIpc) is 2.84. The first kappa shape index (κ1) is 26.1. The molecule has 0 atom stereocenters. The molecule has 0 amide bonds. The lowest BCUT2D eigenvalue weighted by Crippen LogP contribution is -2.29. The third-order valence-electron chi connectivity index (χ3n) is 5.58. The molecule has 0 unspecified atom stereocenters. The van der Waals surface area contributed by atoms with Gasteiger partial charge in [0.25, 0.3) is 0 Å². The Balaban J connectivity index is 1.51. The molecule has 2 aliphatic rings. The number of ether oxygens (including phenoxy) is 4. The second-order valence-electron chi connectivity index (χ2n) is 7.93. The van der Waals surface area contributed by atoms with Crippen LogP contribution in [-0.4, -0.2) is 78.0 Å². The minimum absolute atomic E-state index is 0.551. The summed E-state index contributed by atoms with van der Waals surface area (Å²) in [5.74, 6) is 0.791. The largest absolute Gasteiger partial charge is 0.452 e. The molecule has 1 N–H and O–H groups in total. The van der Waals surface area contributed by atoms with Crippen LogP contribution in [-0.2, 0) is 18.9 Å². The predicted molar refractivity (Wildman–Crippen MR) is 135 cm³/mol. The van der Waals surface area contributed by atoms with Crippen molar-refractivity contribution in [3.8, 4) is 11.5 Å². The van der Waals surface area contributed by atoms with Crippen molar-refractivity contribution in [2.75, 3.05) is 78.3 Å². The van der Waals surface area contributed by atoms with E-state index in [9.17, 15) is 0 Å². The van der Waals surface area contributed by atoms with E-state index in [2.05, 4.69) is 48.9 Å². The van der Waals surface area contributed by atoms with Gasteiger partial charge >= 0.3 is 0 Å². The zero-order valence-electron chi connectivity index (χ0n) is 20.9. The van der Waals surface area contributed by atoms with Crippen molar-refractivity contribution in [1.82, 2.24) is 9.56 Å². The number of hydrogen-bond donors (Lipinski definition) is 1. The first-order chi connectivity index (χ1) is 16.7. The number of nitrogens with zero attached hydrogens (tertiary/aromatic N) is 2. The SMILES string of the molecule is CC[N+](CC)=c1ccc2nc3cc(C)c(NCCOCCOCCOCCOC)cc3oc-2c1. The van der Waals surface area contributed by atoms with Crippen LogP contribution in [0.2, 0.25) is 0 Å². The zero-order valence-corrected chi connectivity index (χ0v) is 20.9. The molecule has 0 aromatic heterocycles. The Bertz CT molecular complexity index is 1060. The number of benzene rings is 2. The van der Waals surface area contributed by atoms with Crippen molar-refractivity contribution in [1.29, 1.82) is 0 Å². The third kappa shape index (κ3) is 7.50. The van der Waals surface area contributed by atoms with Gasteiger partial charge in [0, 0.05) is 31.5 Å². The van der Waals surface area contributed by atoms with E-state index in [1.807, 2.05) is 12.1 Å². The summed E-state index contributed by atoms with van der Waals surface area (Å²) in [6.45, 7) is 13.0. The van der Waals surface area contributed by atoms with Crippen LogP contribution in [0, 0.1) is 6.92 Å². The van der Waals surface area contributed by atoms with Gasteiger partial charge < -0.3 is 28.7 Å². The highest BCUT2D eigenvalue weighted by Gasteiger charge is 2.13. The second-order valence-corrected chi connectivity index (χ2v) is 7.93. The van der Waals surface area contributed by atoms with Crippen molar-refractivity contribution in [3.63, 3.8) is 0 Å². The Morgan fingerprint density at radius 3 is 2.24 bits per heavy atom. The smallest absolute Gasteiger partial charge is 0.203 e. The van der Waals surface area contributed by atoms with E-state index in [-0.39, 0.29) is 0 Å². The average molecular weight is 473 g/mol. The van der Waals surface area contributed by atoms with Gasteiger partial charge in [0.05, 0.1) is 52.3 Å². The first-order valence-electron chi connectivity index (χ1n) is 12.1. The van der Waals surface area contributed by atoms with Crippen LogP contribution >= 0.6 is 0 Å². The van der Waals surface area contributed by atoms with Crippen molar-refractivity contribution in [2.45, 2.75) is 20.8 Å². The Labute approximate surface area is 201 Å². The Morgan fingerprint density at radius 2 is 1.56 bits per heavy atom. The van der Waals surface area contributed by atoms with Crippen molar-refractivity contribution in [2.24, 2.45) is 0 Å². The van der Waals surface area contributed by atoms with Gasteiger partial charge in [-0.05, 0) is 38.5 Å². The van der Waals surface area contributed by atoms with Crippen molar-refractivity contribution < 1.29 is 23.4 Å². The van der Waals surface area contributed by atoms with Gasteiger partial charge in [0.15, 0.2) is 11.3 Å². The van der Waals surface area contributed by atoms with Crippen molar-refractivity contribution >= 4 is 16.8 Å². The van der Waals surface area contributed by atoms with Gasteiger partial charge in [-0.15, -0.1) is 0 Å². The Hall–Kier alpha value is -2.52. The zero-order chi connectivity index (χ0) is 24.2. The molecule has 0 radical (unpaired) electrons. The maximum Gasteiger partial charge on any atom is 0.203 e. The van der Waals surface area contributed by atoms with Crippen LogP contribution in [0.25, 0.3) is 22.6 Å². The Morgan fingerprint density at radius 1 is 0.882 bits per heavy atom. The summed E-state index contributed by atoms with van der Waals surface area (Å²) in [6.07, 6.45) is 0. The van der Waals surface area contributed by atoms with E-state index in [1.54, 1.807) is 7.11 Å². The molecule has 0 fully saturated rings. The van der Waals surface area contributed by atoms with Gasteiger partial charge in [-0.2, -0.15) is 0 Å². The number of rotatable bonds is 15. The molecule has 3 rings (SSSR count). The summed E-state index contributed by atoms with van der Waals surface area (Å²) in [4.78, 5) is 4.80. The number of aromatic nitrogens is 1. The molecule has 0 saturated carbocycles. The molecule has 186 valence electrons. The molecule has 8 heteroatoms. The van der Waals surface area contributed by atoms with Crippen molar-refractivity contribution in [3.05, 3.63) is 41.3 Å². The molecule has 0 spiro atoms. The fourth-order valence-corrected chi connectivity index (χ4v) is 3.69. The minimum atomic E-state index is 0.551. The molecule has 1 heterocycles. The Kier molecular flexibility index (Phi) is 10.8. The normalized spacial score (nSPS) is 11.4. The summed E-state index contributed by atoms with van der Waals surface area (Å²) < 4.78 is 29.9. The van der Waals surface area contributed by atoms with Gasteiger partial charge in [-0.1, -0.05) is 0 Å². The number of anilines is 1. The van der Waals surface area contributed by atoms with Crippen LogP contribution in [0.4, 0.5) is 5.69 Å². The van der Waals surface area contributed by atoms with Gasteiger partial charge in [0.1, 0.15) is 24.3 Å². The lowest BCUT2D eigenvalue weighted by atomic mass is 10.1. The fraction of sp³-hybridized carbons (Fsp3) is 0.538. The number of methoxy groups -OCH3 is 1. The number of fused-ring (bicyclic) bond motifs is 2. The fourth-order valence-electron chi connectivity index (χ4n) is 3.69. The van der Waals surface area contributed by atoms with Crippen LogP contribution in [0.1, 0.15) is 19.4 Å². The molecule has 1 aliphatic heterocycles. The van der Waals surface area contributed by atoms with E-state index in [0.29, 0.717) is 52.8 Å². The van der Waals surface area contributed by atoms with Gasteiger partial charge in [-0.25, -0.2) is 9.56 Å². The summed E-state index contributed by atoms with van der Waals surface area (Å²) in [5.41, 5.74) is 4.61. The topological polar surface area (TPSA) is 78.0 Å². The number of aryl methyl sites for hydroxylation is 1. The van der Waals surface area contributed by atoms with Crippen LogP contribution in [0.5, 0.6) is 0 Å². The lowest BCUT2D eigenvalue weighted by Gasteiger charge is -2.12. The summed E-state index contributed by atoms with van der Waals surface area (Å²) in [6, 6.07) is 10.3. The summed E-state index contributed by atoms with van der Waals surface area (Å²) in [7, 11) is 1.66. The molecular weight excluding hydrogens is 434 g/mol.